The van der Waals surface area contributed by atoms with Gasteiger partial charge in [0.1, 0.15) is 5.82 Å². The minimum absolute atomic E-state index is 0.190. The quantitative estimate of drug-likeness (QED) is 0.889. The monoisotopic (exact) mass is 377 g/mol. The fraction of sp³-hybridized carbons (Fsp3) is 0.316. The highest BCUT2D eigenvalue weighted by Crippen LogP contribution is 2.36. The van der Waals surface area contributed by atoms with Crippen molar-refractivity contribution in [1.29, 1.82) is 0 Å². The summed E-state index contributed by atoms with van der Waals surface area (Å²) in [5.74, 6) is -0.563. The van der Waals surface area contributed by atoms with E-state index < -0.39 is 15.3 Å². The van der Waals surface area contributed by atoms with Gasteiger partial charge in [-0.05, 0) is 54.8 Å². The molecule has 1 N–H and O–H groups in total. The van der Waals surface area contributed by atoms with E-state index in [0.29, 0.717) is 31.7 Å². The average molecular weight is 377 g/mol. The minimum atomic E-state index is -3.29. The first kappa shape index (κ1) is 18.5. The van der Waals surface area contributed by atoms with Crippen LogP contribution in [0.25, 0.3) is 0 Å². The third-order valence-electron chi connectivity index (χ3n) is 4.72. The van der Waals surface area contributed by atoms with Gasteiger partial charge in [0.15, 0.2) is 9.84 Å². The van der Waals surface area contributed by atoms with Gasteiger partial charge in [-0.3, -0.25) is 4.79 Å². The highest BCUT2D eigenvalue weighted by Gasteiger charge is 2.41. The highest BCUT2D eigenvalue weighted by molar-refractivity contribution is 7.90. The number of nitrogens with one attached hydrogen (secondary N) is 1. The number of halogens is 1. The molecular formula is C19H20FNO4S. The lowest BCUT2D eigenvalue weighted by Gasteiger charge is -2.36. The van der Waals surface area contributed by atoms with Gasteiger partial charge in [-0.1, -0.05) is 12.1 Å². The third-order valence-corrected chi connectivity index (χ3v) is 5.85. The second-order valence-corrected chi connectivity index (χ2v) is 8.47. The zero-order valence-electron chi connectivity index (χ0n) is 14.4. The second kappa shape index (κ2) is 7.17. The van der Waals surface area contributed by atoms with Gasteiger partial charge < -0.3 is 10.1 Å². The Bertz CT molecular complexity index is 886. The first-order chi connectivity index (χ1) is 12.3. The van der Waals surface area contributed by atoms with E-state index >= 15 is 0 Å². The summed E-state index contributed by atoms with van der Waals surface area (Å²) in [4.78, 5) is 13.3. The van der Waals surface area contributed by atoms with E-state index in [4.69, 9.17) is 4.74 Å². The van der Waals surface area contributed by atoms with Crippen LogP contribution in [0.4, 0.5) is 10.1 Å². The number of carbonyl (C=O) groups excluding carboxylic acids is 1. The molecule has 0 saturated carbocycles. The number of ether oxygens (including phenoxy) is 1. The second-order valence-electron chi connectivity index (χ2n) is 6.45. The fourth-order valence-corrected chi connectivity index (χ4v) is 3.80. The van der Waals surface area contributed by atoms with Gasteiger partial charge in [0.2, 0.25) is 5.91 Å². The van der Waals surface area contributed by atoms with Gasteiger partial charge in [-0.2, -0.15) is 0 Å². The molecule has 1 saturated heterocycles. The van der Waals surface area contributed by atoms with Crippen LogP contribution in [0.2, 0.25) is 0 Å². The summed E-state index contributed by atoms with van der Waals surface area (Å²) in [7, 11) is -3.29. The van der Waals surface area contributed by atoms with E-state index in [-0.39, 0.29) is 16.6 Å². The molecule has 138 valence electrons. The van der Waals surface area contributed by atoms with Crippen LogP contribution in [0.15, 0.2) is 53.4 Å². The zero-order chi connectivity index (χ0) is 18.8. The Kier molecular flexibility index (Phi) is 5.11. The molecule has 0 spiro atoms. The van der Waals surface area contributed by atoms with Crippen molar-refractivity contribution in [2.45, 2.75) is 23.2 Å². The molecule has 1 aliphatic rings. The Morgan fingerprint density at radius 3 is 2.15 bits per heavy atom. The molecule has 26 heavy (non-hydrogen) atoms. The molecule has 2 aromatic rings. The van der Waals surface area contributed by atoms with Crippen molar-refractivity contribution in [2.75, 3.05) is 24.8 Å². The number of carbonyl (C=O) groups is 1. The molecule has 0 aliphatic carbocycles. The molecule has 0 radical (unpaired) electrons. The van der Waals surface area contributed by atoms with E-state index in [1.165, 1.54) is 24.3 Å². The molecule has 1 fully saturated rings. The standard InChI is InChI=1S/C19H20FNO4S/c1-26(23,24)17-8-6-16(7-9-17)21-18(22)19(10-12-25-13-11-19)14-2-4-15(20)5-3-14/h2-9H,10-13H2,1H3,(H,21,22). The zero-order valence-corrected chi connectivity index (χ0v) is 15.2. The predicted molar refractivity (Wildman–Crippen MR) is 96.3 cm³/mol. The Morgan fingerprint density at radius 1 is 1.04 bits per heavy atom. The van der Waals surface area contributed by atoms with Gasteiger partial charge in [0.25, 0.3) is 0 Å². The summed E-state index contributed by atoms with van der Waals surface area (Å²) >= 11 is 0. The maximum atomic E-state index is 13.3. The number of amides is 1. The molecule has 1 aliphatic heterocycles. The van der Waals surface area contributed by atoms with Gasteiger partial charge in [0.05, 0.1) is 10.3 Å². The first-order valence-electron chi connectivity index (χ1n) is 8.27. The van der Waals surface area contributed by atoms with E-state index in [9.17, 15) is 17.6 Å². The SMILES string of the molecule is CS(=O)(=O)c1ccc(NC(=O)C2(c3ccc(F)cc3)CCOCC2)cc1. The molecule has 0 atom stereocenters. The Morgan fingerprint density at radius 2 is 1.62 bits per heavy atom. The molecule has 1 heterocycles. The predicted octanol–water partition coefficient (Wildman–Crippen LogP) is 2.92. The van der Waals surface area contributed by atoms with Crippen LogP contribution >= 0.6 is 0 Å². The van der Waals surface area contributed by atoms with Crippen molar-refractivity contribution in [2.24, 2.45) is 0 Å². The van der Waals surface area contributed by atoms with Crippen molar-refractivity contribution in [3.63, 3.8) is 0 Å². The summed E-state index contributed by atoms with van der Waals surface area (Å²) in [5.41, 5.74) is 0.449. The summed E-state index contributed by atoms with van der Waals surface area (Å²) in [6.07, 6.45) is 2.12. The fourth-order valence-electron chi connectivity index (χ4n) is 3.17. The van der Waals surface area contributed by atoms with Gasteiger partial charge in [-0.15, -0.1) is 0 Å². The Balaban J connectivity index is 1.87. The van der Waals surface area contributed by atoms with Crippen LogP contribution in [0.5, 0.6) is 0 Å². The van der Waals surface area contributed by atoms with E-state index in [2.05, 4.69) is 5.32 Å². The molecular weight excluding hydrogens is 357 g/mol. The number of rotatable bonds is 4. The maximum Gasteiger partial charge on any atom is 0.235 e. The summed E-state index contributed by atoms with van der Waals surface area (Å²) in [6.45, 7) is 0.885. The number of sulfone groups is 1. The molecule has 7 heteroatoms. The number of hydrogen-bond acceptors (Lipinski definition) is 4. The van der Waals surface area contributed by atoms with Crippen LogP contribution in [-0.4, -0.2) is 33.8 Å². The molecule has 0 bridgehead atoms. The molecule has 1 amide bonds. The van der Waals surface area contributed by atoms with Gasteiger partial charge >= 0.3 is 0 Å². The molecule has 2 aromatic carbocycles. The number of benzene rings is 2. The van der Waals surface area contributed by atoms with Crippen molar-refractivity contribution in [3.8, 4) is 0 Å². The average Bonchev–Trinajstić information content (AvgIpc) is 2.62. The smallest absolute Gasteiger partial charge is 0.235 e. The lowest BCUT2D eigenvalue weighted by atomic mass is 9.73. The van der Waals surface area contributed by atoms with Crippen molar-refractivity contribution in [3.05, 3.63) is 59.9 Å². The van der Waals surface area contributed by atoms with Crippen molar-refractivity contribution < 1.29 is 22.3 Å². The molecule has 0 aromatic heterocycles. The summed E-state index contributed by atoms with van der Waals surface area (Å²) in [5, 5.41) is 2.86. The van der Waals surface area contributed by atoms with Crippen molar-refractivity contribution in [1.82, 2.24) is 0 Å². The number of anilines is 1. The third kappa shape index (κ3) is 3.78. The van der Waals surface area contributed by atoms with Crippen LogP contribution in [-0.2, 0) is 24.8 Å². The van der Waals surface area contributed by atoms with Crippen LogP contribution in [0.1, 0.15) is 18.4 Å². The summed E-state index contributed by atoms with van der Waals surface area (Å²) in [6, 6.07) is 12.0. The highest BCUT2D eigenvalue weighted by atomic mass is 32.2. The van der Waals surface area contributed by atoms with Crippen molar-refractivity contribution >= 4 is 21.4 Å². The van der Waals surface area contributed by atoms with E-state index in [1.54, 1.807) is 24.3 Å². The normalized spacial score (nSPS) is 16.8. The van der Waals surface area contributed by atoms with Crippen LogP contribution < -0.4 is 5.32 Å². The van der Waals surface area contributed by atoms with E-state index in [1.807, 2.05) is 0 Å². The first-order valence-corrected chi connectivity index (χ1v) is 10.2. The van der Waals surface area contributed by atoms with Gasteiger partial charge in [-0.25, -0.2) is 12.8 Å². The largest absolute Gasteiger partial charge is 0.381 e. The van der Waals surface area contributed by atoms with Crippen LogP contribution in [0.3, 0.4) is 0 Å². The maximum absolute atomic E-state index is 13.3. The molecule has 5 nitrogen and oxygen atoms in total. The van der Waals surface area contributed by atoms with Gasteiger partial charge in [0, 0.05) is 25.2 Å². The molecule has 3 rings (SSSR count). The number of hydrogen-bond donors (Lipinski definition) is 1. The summed E-state index contributed by atoms with van der Waals surface area (Å²) < 4.78 is 41.8. The Labute approximate surface area is 152 Å². The minimum Gasteiger partial charge on any atom is -0.381 e. The van der Waals surface area contributed by atoms with Crippen LogP contribution in [0, 0.1) is 5.82 Å². The Hall–Kier alpha value is -2.25. The lowest BCUT2D eigenvalue weighted by Crippen LogP contribution is -2.44. The van der Waals surface area contributed by atoms with E-state index in [0.717, 1.165) is 11.8 Å². The molecule has 0 unspecified atom stereocenters. The lowest BCUT2D eigenvalue weighted by molar-refractivity contribution is -0.125. The topological polar surface area (TPSA) is 72.5 Å².